The van der Waals surface area contributed by atoms with Crippen LogP contribution in [0.5, 0.6) is 0 Å². The smallest absolute Gasteiger partial charge is 0.259 e. The molecule has 9 nitrogen and oxygen atoms in total. The highest BCUT2D eigenvalue weighted by Gasteiger charge is 2.14. The van der Waals surface area contributed by atoms with Crippen LogP contribution in [-0.2, 0) is 0 Å². The lowest BCUT2D eigenvalue weighted by molar-refractivity contribution is 0.102. The highest BCUT2D eigenvalue weighted by molar-refractivity contribution is 6.34. The minimum Gasteiger partial charge on any atom is -0.441 e. The van der Waals surface area contributed by atoms with E-state index in [0.29, 0.717) is 50.1 Å². The van der Waals surface area contributed by atoms with E-state index in [-0.39, 0.29) is 5.56 Å². The van der Waals surface area contributed by atoms with E-state index in [1.54, 1.807) is 68.7 Å². The van der Waals surface area contributed by atoms with Crippen LogP contribution in [0.2, 0.25) is 10.0 Å². The third-order valence-electron chi connectivity index (χ3n) is 6.70. The lowest BCUT2D eigenvalue weighted by atomic mass is 10.1. The number of nitrogens with one attached hydrogen (secondary N) is 1. The van der Waals surface area contributed by atoms with E-state index in [4.69, 9.17) is 37.8 Å². The van der Waals surface area contributed by atoms with E-state index in [0.717, 1.165) is 27.8 Å². The summed E-state index contributed by atoms with van der Waals surface area (Å²) in [7, 11) is 0. The van der Waals surface area contributed by atoms with Crippen LogP contribution in [-0.4, -0.2) is 25.8 Å². The van der Waals surface area contributed by atoms with E-state index in [1.807, 2.05) is 12.1 Å². The number of oxazole rings is 2. The van der Waals surface area contributed by atoms with Crippen LogP contribution in [0.4, 0.5) is 16.0 Å². The molecule has 0 aliphatic rings. The second-order valence-corrected chi connectivity index (χ2v) is 10.7. The zero-order chi connectivity index (χ0) is 31.7. The van der Waals surface area contributed by atoms with E-state index in [9.17, 15) is 9.18 Å². The zero-order valence-electron chi connectivity index (χ0n) is 23.8. The number of amides is 1. The molecule has 12 heteroatoms. The van der Waals surface area contributed by atoms with Crippen molar-refractivity contribution < 1.29 is 18.0 Å². The first-order chi connectivity index (χ1) is 21.6. The predicted molar refractivity (Wildman–Crippen MR) is 173 cm³/mol. The van der Waals surface area contributed by atoms with Crippen molar-refractivity contribution in [3.63, 3.8) is 0 Å². The number of nitrogen functional groups attached to an aromatic ring is 1. The van der Waals surface area contributed by atoms with Crippen LogP contribution in [0.1, 0.15) is 22.1 Å². The molecule has 0 aliphatic carbocycles. The topological polar surface area (TPSA) is 133 Å². The number of benzene rings is 3. The number of aromatic nitrogens is 4. The van der Waals surface area contributed by atoms with Crippen molar-refractivity contribution in [2.75, 3.05) is 11.1 Å². The van der Waals surface area contributed by atoms with Gasteiger partial charge in [0, 0.05) is 48.5 Å². The zero-order valence-corrected chi connectivity index (χ0v) is 25.3. The largest absolute Gasteiger partial charge is 0.441 e. The molecule has 0 unspecified atom stereocenters. The van der Waals surface area contributed by atoms with Crippen molar-refractivity contribution in [3.05, 3.63) is 118 Å². The molecule has 0 saturated heterocycles. The normalized spacial score (nSPS) is 11.0. The van der Waals surface area contributed by atoms with Gasteiger partial charge in [0.05, 0.1) is 15.6 Å². The van der Waals surface area contributed by atoms with E-state index >= 15 is 0 Å². The number of anilines is 2. The molecule has 1 amide bonds. The van der Waals surface area contributed by atoms with Gasteiger partial charge < -0.3 is 19.9 Å². The molecule has 7 rings (SSSR count). The number of carbonyl (C=O) groups is 1. The number of nitrogens with two attached hydrogens (primary N) is 1. The van der Waals surface area contributed by atoms with Gasteiger partial charge in [-0.3, -0.25) is 4.79 Å². The van der Waals surface area contributed by atoms with Gasteiger partial charge in [-0.2, -0.15) is 0 Å². The minimum atomic E-state index is -0.589. The molecule has 7 aromatic rings. The monoisotopic (exact) mass is 640 g/mol. The van der Waals surface area contributed by atoms with Crippen LogP contribution in [0, 0.1) is 19.7 Å². The molecule has 0 atom stereocenters. The molecule has 0 bridgehead atoms. The van der Waals surface area contributed by atoms with E-state index < -0.39 is 11.7 Å². The number of rotatable bonds is 4. The van der Waals surface area contributed by atoms with Crippen molar-refractivity contribution in [3.8, 4) is 22.3 Å². The maximum atomic E-state index is 13.7. The van der Waals surface area contributed by atoms with Crippen molar-refractivity contribution >= 4 is 62.9 Å². The van der Waals surface area contributed by atoms with Gasteiger partial charge in [0.15, 0.2) is 22.9 Å². The summed E-state index contributed by atoms with van der Waals surface area (Å²) < 4.78 is 24.7. The second kappa shape index (κ2) is 12.4. The molecule has 224 valence electrons. The van der Waals surface area contributed by atoms with Gasteiger partial charge in [0.1, 0.15) is 28.5 Å². The van der Waals surface area contributed by atoms with Gasteiger partial charge in [-0.15, -0.1) is 0 Å². The SMILES string of the molecule is Cc1nc2cc(Cl)c(-c3ccc(N)nc3)cc2o1.Cc1nc2cc(Cl)c(-c3ccc(NC(=O)c4ccccc4F)nc3)cc2o1. The van der Waals surface area contributed by atoms with Gasteiger partial charge in [0.2, 0.25) is 0 Å². The number of hydrogen-bond donors (Lipinski definition) is 2. The molecule has 0 saturated carbocycles. The molecule has 0 aliphatic heterocycles. The quantitative estimate of drug-likeness (QED) is 0.195. The molecular weight excluding hydrogens is 618 g/mol. The fourth-order valence-corrected chi connectivity index (χ4v) is 5.12. The first kappa shape index (κ1) is 29.7. The maximum absolute atomic E-state index is 13.7. The molecule has 4 aromatic heterocycles. The van der Waals surface area contributed by atoms with Crippen molar-refractivity contribution in [2.24, 2.45) is 0 Å². The number of hydrogen-bond acceptors (Lipinski definition) is 8. The average molecular weight is 641 g/mol. The first-order valence-corrected chi connectivity index (χ1v) is 14.3. The second-order valence-electron chi connectivity index (χ2n) is 9.90. The van der Waals surface area contributed by atoms with Gasteiger partial charge in [-0.25, -0.2) is 24.3 Å². The van der Waals surface area contributed by atoms with Crippen LogP contribution in [0.25, 0.3) is 44.5 Å². The molecule has 3 aromatic carbocycles. The fourth-order valence-electron chi connectivity index (χ4n) is 4.59. The predicted octanol–water partition coefficient (Wildman–Crippen LogP) is 8.68. The average Bonchev–Trinajstić information content (AvgIpc) is 3.57. The lowest BCUT2D eigenvalue weighted by Gasteiger charge is -2.07. The summed E-state index contributed by atoms with van der Waals surface area (Å²) in [4.78, 5) is 28.9. The number of nitrogens with zero attached hydrogens (tertiary/aromatic N) is 4. The molecule has 0 spiro atoms. The summed E-state index contributed by atoms with van der Waals surface area (Å²) in [5.74, 6) is 0.807. The van der Waals surface area contributed by atoms with Gasteiger partial charge >= 0.3 is 0 Å². The Kier molecular flexibility index (Phi) is 8.16. The molecule has 0 fully saturated rings. The minimum absolute atomic E-state index is 0.0439. The molecule has 3 N–H and O–H groups in total. The molecular formula is C33H23Cl2FN6O3. The van der Waals surface area contributed by atoms with Crippen molar-refractivity contribution in [1.29, 1.82) is 0 Å². The Balaban J connectivity index is 0.000000172. The number of carbonyl (C=O) groups excluding carboxylic acids is 1. The molecule has 0 radical (unpaired) electrons. The molecule has 4 heterocycles. The highest BCUT2D eigenvalue weighted by Crippen LogP contribution is 2.33. The van der Waals surface area contributed by atoms with E-state index in [2.05, 4.69) is 25.3 Å². The Morgan fingerprint density at radius 2 is 1.33 bits per heavy atom. The first-order valence-electron chi connectivity index (χ1n) is 13.5. The Morgan fingerprint density at radius 3 is 1.84 bits per heavy atom. The number of halogens is 3. The van der Waals surface area contributed by atoms with Crippen LogP contribution in [0.15, 0.2) is 94.0 Å². The summed E-state index contributed by atoms with van der Waals surface area (Å²) in [6.45, 7) is 3.57. The Bertz CT molecular complexity index is 2180. The lowest BCUT2D eigenvalue weighted by Crippen LogP contribution is -2.14. The van der Waals surface area contributed by atoms with Crippen LogP contribution < -0.4 is 11.1 Å². The summed E-state index contributed by atoms with van der Waals surface area (Å²) in [6.07, 6.45) is 3.26. The van der Waals surface area contributed by atoms with Crippen molar-refractivity contribution in [2.45, 2.75) is 13.8 Å². The maximum Gasteiger partial charge on any atom is 0.259 e. The number of aryl methyl sites for hydroxylation is 2. The van der Waals surface area contributed by atoms with Crippen molar-refractivity contribution in [1.82, 2.24) is 19.9 Å². The number of pyridine rings is 2. The van der Waals surface area contributed by atoms with Gasteiger partial charge in [0.25, 0.3) is 5.91 Å². The van der Waals surface area contributed by atoms with Crippen LogP contribution >= 0.6 is 23.2 Å². The van der Waals surface area contributed by atoms with Gasteiger partial charge in [-0.05, 0) is 60.7 Å². The Morgan fingerprint density at radius 1 is 0.778 bits per heavy atom. The fraction of sp³-hybridized carbons (Fsp3) is 0.0606. The molecule has 45 heavy (non-hydrogen) atoms. The third-order valence-corrected chi connectivity index (χ3v) is 7.33. The standard InChI is InChI=1S/C20H13ClFN3O2.C13H10ClN3O/c1-11-24-17-9-15(21)14(8-18(17)27-11)12-6-7-19(23-10-12)25-20(26)13-4-2-3-5-16(13)22;1-7-17-11-5-10(14)9(4-12(11)18-7)8-2-3-13(15)16-6-8/h2-10H,1H3,(H,23,25,26);2-6H,1H3,(H2,15,16). The van der Waals surface area contributed by atoms with Crippen LogP contribution in [0.3, 0.4) is 0 Å². The Labute approximate surface area is 265 Å². The highest BCUT2D eigenvalue weighted by atomic mass is 35.5. The van der Waals surface area contributed by atoms with Gasteiger partial charge in [-0.1, -0.05) is 35.3 Å². The summed E-state index contributed by atoms with van der Waals surface area (Å²) in [6, 6.07) is 19.9. The third kappa shape index (κ3) is 6.47. The summed E-state index contributed by atoms with van der Waals surface area (Å²) in [5.41, 5.74) is 11.5. The number of fused-ring (bicyclic) bond motifs is 2. The van der Waals surface area contributed by atoms with E-state index in [1.165, 1.54) is 18.2 Å². The Hall–Kier alpha value is -5.32. The summed E-state index contributed by atoms with van der Waals surface area (Å²) in [5, 5.41) is 3.70. The summed E-state index contributed by atoms with van der Waals surface area (Å²) >= 11 is 12.6.